The minimum absolute atomic E-state index is 0.256. The van der Waals surface area contributed by atoms with Crippen LogP contribution in [0.4, 0.5) is 4.39 Å². The van der Waals surface area contributed by atoms with Crippen molar-refractivity contribution in [2.75, 3.05) is 6.61 Å². The molecule has 0 saturated heterocycles. The fraction of sp³-hybridized carbons (Fsp3) is 0.250. The van der Waals surface area contributed by atoms with E-state index < -0.39 is 0 Å². The summed E-state index contributed by atoms with van der Waals surface area (Å²) in [7, 11) is 0. The van der Waals surface area contributed by atoms with Crippen LogP contribution in [0.3, 0.4) is 0 Å². The minimum Gasteiger partial charge on any atom is -0.493 e. The molecule has 104 valence electrons. The van der Waals surface area contributed by atoms with Crippen molar-refractivity contribution >= 4 is 11.6 Å². The summed E-state index contributed by atoms with van der Waals surface area (Å²) in [4.78, 5) is 0. The van der Waals surface area contributed by atoms with Gasteiger partial charge in [-0.3, -0.25) is 0 Å². The Bertz CT molecular complexity index is 644. The van der Waals surface area contributed by atoms with E-state index >= 15 is 0 Å². The number of benzene rings is 2. The summed E-state index contributed by atoms with van der Waals surface area (Å²) in [5, 5.41) is 0.524. The van der Waals surface area contributed by atoms with Crippen LogP contribution >= 0.6 is 11.6 Å². The number of hydrogen-bond donors (Lipinski definition) is 1. The van der Waals surface area contributed by atoms with Gasteiger partial charge in [0.25, 0.3) is 0 Å². The van der Waals surface area contributed by atoms with E-state index in [-0.39, 0.29) is 11.9 Å². The summed E-state index contributed by atoms with van der Waals surface area (Å²) in [6.45, 7) is 0.719. The van der Waals surface area contributed by atoms with Gasteiger partial charge in [-0.1, -0.05) is 23.7 Å². The Morgan fingerprint density at radius 3 is 2.95 bits per heavy atom. The third-order valence-electron chi connectivity index (χ3n) is 3.59. The smallest absolute Gasteiger partial charge is 0.126 e. The molecule has 0 radical (unpaired) electrons. The van der Waals surface area contributed by atoms with E-state index in [4.69, 9.17) is 22.1 Å². The van der Waals surface area contributed by atoms with Gasteiger partial charge in [0.1, 0.15) is 11.6 Å². The Morgan fingerprint density at radius 2 is 2.10 bits per heavy atom. The molecule has 0 aromatic heterocycles. The van der Waals surface area contributed by atoms with E-state index in [1.165, 1.54) is 11.6 Å². The molecule has 0 fully saturated rings. The van der Waals surface area contributed by atoms with Gasteiger partial charge < -0.3 is 10.5 Å². The van der Waals surface area contributed by atoms with Gasteiger partial charge in [0.15, 0.2) is 0 Å². The molecule has 2 nitrogen and oxygen atoms in total. The average Bonchev–Trinajstić information content (AvgIpc) is 2.90. The van der Waals surface area contributed by atoms with Crippen molar-refractivity contribution in [2.45, 2.75) is 18.9 Å². The number of ether oxygens (including phenoxy) is 1. The summed E-state index contributed by atoms with van der Waals surface area (Å²) in [6, 6.07) is 10.2. The second kappa shape index (κ2) is 5.43. The molecule has 2 aromatic carbocycles. The fourth-order valence-electron chi connectivity index (χ4n) is 2.49. The number of hydrogen-bond acceptors (Lipinski definition) is 2. The fourth-order valence-corrected chi connectivity index (χ4v) is 2.69. The molecule has 0 amide bonds. The van der Waals surface area contributed by atoms with Gasteiger partial charge in [0.2, 0.25) is 0 Å². The normalized spacial score (nSPS) is 14.8. The maximum Gasteiger partial charge on any atom is 0.126 e. The molecule has 0 spiro atoms. The van der Waals surface area contributed by atoms with Crippen molar-refractivity contribution in [3.05, 3.63) is 63.9 Å². The standard InChI is InChI=1S/C16H15ClFNO/c17-13-2-3-14(18)12(8-13)9-15(19)10-1-4-16-11(7-10)5-6-20-16/h1-4,7-8,15H,5-6,9,19H2. The Kier molecular flexibility index (Phi) is 3.64. The van der Waals surface area contributed by atoms with E-state index in [0.717, 1.165) is 24.3 Å². The molecule has 1 unspecified atom stereocenters. The summed E-state index contributed by atoms with van der Waals surface area (Å²) in [6.07, 6.45) is 1.33. The van der Waals surface area contributed by atoms with Crippen molar-refractivity contribution in [2.24, 2.45) is 5.73 Å². The van der Waals surface area contributed by atoms with E-state index in [9.17, 15) is 4.39 Å². The third-order valence-corrected chi connectivity index (χ3v) is 3.82. The molecule has 1 heterocycles. The molecule has 1 aliphatic rings. The van der Waals surface area contributed by atoms with Gasteiger partial charge >= 0.3 is 0 Å². The highest BCUT2D eigenvalue weighted by Crippen LogP contribution is 2.29. The van der Waals surface area contributed by atoms with Crippen LogP contribution in [0.15, 0.2) is 36.4 Å². The van der Waals surface area contributed by atoms with E-state index in [1.807, 2.05) is 12.1 Å². The Labute approximate surface area is 122 Å². The zero-order valence-corrected chi connectivity index (χ0v) is 11.7. The van der Waals surface area contributed by atoms with Crippen LogP contribution in [0, 0.1) is 5.82 Å². The first-order valence-electron chi connectivity index (χ1n) is 6.58. The van der Waals surface area contributed by atoms with E-state index in [1.54, 1.807) is 12.1 Å². The summed E-state index contributed by atoms with van der Waals surface area (Å²) >= 11 is 5.90. The first kappa shape index (κ1) is 13.4. The molecule has 0 aliphatic carbocycles. The zero-order chi connectivity index (χ0) is 14.1. The first-order valence-corrected chi connectivity index (χ1v) is 6.96. The topological polar surface area (TPSA) is 35.2 Å². The zero-order valence-electron chi connectivity index (χ0n) is 10.9. The van der Waals surface area contributed by atoms with Crippen LogP contribution in [0.2, 0.25) is 5.02 Å². The quantitative estimate of drug-likeness (QED) is 0.937. The Hall–Kier alpha value is -1.58. The lowest BCUT2D eigenvalue weighted by molar-refractivity contribution is 0.357. The molecule has 0 bridgehead atoms. The summed E-state index contributed by atoms with van der Waals surface area (Å²) < 4.78 is 19.2. The second-order valence-corrected chi connectivity index (χ2v) is 5.45. The van der Waals surface area contributed by atoms with Crippen LogP contribution in [-0.4, -0.2) is 6.61 Å². The lowest BCUT2D eigenvalue weighted by atomic mass is 9.97. The van der Waals surface area contributed by atoms with Crippen molar-refractivity contribution in [3.8, 4) is 5.75 Å². The molecule has 1 atom stereocenters. The highest BCUT2D eigenvalue weighted by atomic mass is 35.5. The lowest BCUT2D eigenvalue weighted by Crippen LogP contribution is -2.14. The lowest BCUT2D eigenvalue weighted by Gasteiger charge is -2.14. The SMILES string of the molecule is NC(Cc1cc(Cl)ccc1F)c1ccc2c(c1)CCO2. The van der Waals surface area contributed by atoms with E-state index in [2.05, 4.69) is 6.07 Å². The van der Waals surface area contributed by atoms with Crippen LogP contribution in [-0.2, 0) is 12.8 Å². The van der Waals surface area contributed by atoms with Crippen LogP contribution in [0.1, 0.15) is 22.7 Å². The molecule has 2 N–H and O–H groups in total. The van der Waals surface area contributed by atoms with Crippen molar-refractivity contribution < 1.29 is 9.13 Å². The second-order valence-electron chi connectivity index (χ2n) is 5.01. The van der Waals surface area contributed by atoms with E-state index in [0.29, 0.717) is 17.0 Å². The molecular formula is C16H15ClFNO. The van der Waals surface area contributed by atoms with Crippen LogP contribution in [0.5, 0.6) is 5.75 Å². The maximum absolute atomic E-state index is 13.7. The van der Waals surface area contributed by atoms with Gasteiger partial charge in [-0.15, -0.1) is 0 Å². The largest absolute Gasteiger partial charge is 0.493 e. The minimum atomic E-state index is -0.269. The van der Waals surface area contributed by atoms with Gasteiger partial charge in [-0.25, -0.2) is 4.39 Å². The average molecular weight is 292 g/mol. The summed E-state index contributed by atoms with van der Waals surface area (Å²) in [5.41, 5.74) is 8.90. The van der Waals surface area contributed by atoms with Gasteiger partial charge in [0, 0.05) is 17.5 Å². The van der Waals surface area contributed by atoms with Gasteiger partial charge in [-0.05, 0) is 47.4 Å². The number of rotatable bonds is 3. The van der Waals surface area contributed by atoms with Crippen LogP contribution in [0.25, 0.3) is 0 Å². The predicted molar refractivity (Wildman–Crippen MR) is 77.7 cm³/mol. The number of fused-ring (bicyclic) bond motifs is 1. The molecule has 0 saturated carbocycles. The Morgan fingerprint density at radius 1 is 1.25 bits per heavy atom. The molecule has 3 rings (SSSR count). The van der Waals surface area contributed by atoms with Crippen molar-refractivity contribution in [3.63, 3.8) is 0 Å². The van der Waals surface area contributed by atoms with Crippen molar-refractivity contribution in [1.29, 1.82) is 0 Å². The predicted octanol–water partition coefficient (Wildman–Crippen LogP) is 3.66. The highest BCUT2D eigenvalue weighted by molar-refractivity contribution is 6.30. The number of nitrogens with two attached hydrogens (primary N) is 1. The number of halogens is 2. The third kappa shape index (κ3) is 2.65. The maximum atomic E-state index is 13.7. The monoisotopic (exact) mass is 291 g/mol. The first-order chi connectivity index (χ1) is 9.63. The Balaban J connectivity index is 1.82. The molecule has 4 heteroatoms. The summed E-state index contributed by atoms with van der Waals surface area (Å²) in [5.74, 6) is 0.657. The molecular weight excluding hydrogens is 277 g/mol. The van der Waals surface area contributed by atoms with Gasteiger partial charge in [-0.2, -0.15) is 0 Å². The molecule has 20 heavy (non-hydrogen) atoms. The molecule has 1 aliphatic heterocycles. The highest BCUT2D eigenvalue weighted by Gasteiger charge is 2.16. The van der Waals surface area contributed by atoms with Crippen LogP contribution < -0.4 is 10.5 Å². The van der Waals surface area contributed by atoms with Gasteiger partial charge in [0.05, 0.1) is 6.61 Å². The van der Waals surface area contributed by atoms with Crippen molar-refractivity contribution in [1.82, 2.24) is 0 Å². The molecule has 2 aromatic rings.